The zero-order chi connectivity index (χ0) is 18.8. The third kappa shape index (κ3) is 3.53. The molecule has 1 amide bonds. The fraction of sp³-hybridized carbons (Fsp3) is 0.524. The van der Waals surface area contributed by atoms with E-state index < -0.39 is 0 Å². The Morgan fingerprint density at radius 2 is 1.62 bits per heavy atom. The van der Waals surface area contributed by atoms with Crippen LogP contribution in [-0.2, 0) is 0 Å². The van der Waals surface area contributed by atoms with Crippen LogP contribution < -0.4 is 0 Å². The lowest BCUT2D eigenvalue weighted by Crippen LogP contribution is -2.36. The number of likely N-dealkylation sites (tertiary alicyclic amines) is 1. The first-order valence-corrected chi connectivity index (χ1v) is 9.58. The molecule has 1 aliphatic rings. The van der Waals surface area contributed by atoms with Crippen LogP contribution in [0.2, 0.25) is 0 Å². The number of aromatic nitrogens is 2. The van der Waals surface area contributed by atoms with E-state index in [1.54, 1.807) is 12.1 Å². The zero-order valence-electron chi connectivity index (χ0n) is 16.1. The molecule has 0 saturated carbocycles. The van der Waals surface area contributed by atoms with Crippen LogP contribution in [-0.4, -0.2) is 33.7 Å². The lowest BCUT2D eigenvalue weighted by atomic mass is 9.97. The van der Waals surface area contributed by atoms with Gasteiger partial charge in [-0.25, -0.2) is 9.07 Å². The van der Waals surface area contributed by atoms with Gasteiger partial charge >= 0.3 is 0 Å². The molecule has 0 bridgehead atoms. The van der Waals surface area contributed by atoms with E-state index in [0.29, 0.717) is 0 Å². The molecule has 1 fully saturated rings. The number of rotatable bonds is 4. The molecule has 1 saturated heterocycles. The molecule has 2 aromatic rings. The summed E-state index contributed by atoms with van der Waals surface area (Å²) in [6, 6.07) is 6.30. The number of piperidine rings is 1. The van der Waals surface area contributed by atoms with Crippen molar-refractivity contribution >= 4 is 5.91 Å². The van der Waals surface area contributed by atoms with E-state index in [0.717, 1.165) is 48.6 Å². The van der Waals surface area contributed by atoms with Gasteiger partial charge in [0.1, 0.15) is 5.82 Å². The minimum absolute atomic E-state index is 0.0884. The molecular weight excluding hydrogens is 329 g/mol. The fourth-order valence-electron chi connectivity index (χ4n) is 3.64. The second-order valence-corrected chi connectivity index (χ2v) is 7.70. The van der Waals surface area contributed by atoms with Crippen LogP contribution in [0.3, 0.4) is 0 Å². The van der Waals surface area contributed by atoms with Gasteiger partial charge in [-0.2, -0.15) is 5.10 Å². The molecule has 1 aromatic heterocycles. The van der Waals surface area contributed by atoms with Crippen molar-refractivity contribution in [3.63, 3.8) is 0 Å². The van der Waals surface area contributed by atoms with Gasteiger partial charge in [0.15, 0.2) is 0 Å². The number of carbonyl (C=O) groups excluding carboxylic acids is 1. The van der Waals surface area contributed by atoms with E-state index in [4.69, 9.17) is 5.10 Å². The van der Waals surface area contributed by atoms with Crippen molar-refractivity contribution in [2.45, 2.75) is 58.8 Å². The van der Waals surface area contributed by atoms with Gasteiger partial charge in [-0.3, -0.25) is 4.79 Å². The number of halogens is 1. The van der Waals surface area contributed by atoms with Crippen molar-refractivity contribution < 1.29 is 9.18 Å². The van der Waals surface area contributed by atoms with Gasteiger partial charge in [-0.1, -0.05) is 27.7 Å². The summed E-state index contributed by atoms with van der Waals surface area (Å²) in [6.07, 6.45) is 3.31. The highest BCUT2D eigenvalue weighted by Gasteiger charge is 2.31. The lowest BCUT2D eigenvalue weighted by molar-refractivity contribution is 0.0721. The Morgan fingerprint density at radius 3 is 2.15 bits per heavy atom. The average molecular weight is 357 g/mol. The average Bonchev–Trinajstić information content (AvgIpc) is 3.03. The monoisotopic (exact) mass is 357 g/mol. The van der Waals surface area contributed by atoms with Gasteiger partial charge in [0.2, 0.25) is 0 Å². The van der Waals surface area contributed by atoms with Crippen molar-refractivity contribution in [2.24, 2.45) is 0 Å². The Bertz CT molecular complexity index is 771. The molecule has 0 spiro atoms. The molecule has 1 aliphatic heterocycles. The number of hydrogen-bond donors (Lipinski definition) is 0. The van der Waals surface area contributed by atoms with E-state index in [1.165, 1.54) is 18.6 Å². The molecule has 2 heterocycles. The van der Waals surface area contributed by atoms with Gasteiger partial charge in [-0.15, -0.1) is 0 Å². The minimum atomic E-state index is -0.277. The lowest BCUT2D eigenvalue weighted by Gasteiger charge is -2.27. The third-order valence-electron chi connectivity index (χ3n) is 4.97. The molecule has 0 radical (unpaired) electrons. The van der Waals surface area contributed by atoms with Crippen LogP contribution in [0.15, 0.2) is 24.3 Å². The maximum atomic E-state index is 13.4. The number of amides is 1. The van der Waals surface area contributed by atoms with E-state index in [-0.39, 0.29) is 23.6 Å². The van der Waals surface area contributed by atoms with Crippen molar-refractivity contribution in [1.29, 1.82) is 0 Å². The second kappa shape index (κ2) is 7.60. The third-order valence-corrected chi connectivity index (χ3v) is 4.97. The first kappa shape index (κ1) is 18.6. The Hall–Kier alpha value is -2.17. The standard InChI is InChI=1S/C21H28FN3O/c1-14(2)19-18(21(26)24-12-6-5-7-13-24)20(15(3)4)25(23-19)17-10-8-16(22)9-11-17/h8-11,14-15H,5-7,12-13H2,1-4H3. The Kier molecular flexibility index (Phi) is 5.44. The van der Waals surface area contributed by atoms with Crippen molar-refractivity contribution in [2.75, 3.05) is 13.1 Å². The second-order valence-electron chi connectivity index (χ2n) is 7.70. The summed E-state index contributed by atoms with van der Waals surface area (Å²) in [5.74, 6) is 0.0768. The number of hydrogen-bond acceptors (Lipinski definition) is 2. The highest BCUT2D eigenvalue weighted by Crippen LogP contribution is 2.31. The Morgan fingerprint density at radius 1 is 1.00 bits per heavy atom. The maximum absolute atomic E-state index is 13.4. The first-order valence-electron chi connectivity index (χ1n) is 9.58. The Labute approximate surface area is 155 Å². The highest BCUT2D eigenvalue weighted by atomic mass is 19.1. The Balaban J connectivity index is 2.14. The van der Waals surface area contributed by atoms with Gasteiger partial charge in [-0.05, 0) is 55.4 Å². The minimum Gasteiger partial charge on any atom is -0.339 e. The summed E-state index contributed by atoms with van der Waals surface area (Å²) in [5, 5.41) is 4.79. The van der Waals surface area contributed by atoms with Gasteiger partial charge in [0, 0.05) is 13.1 Å². The molecular formula is C21H28FN3O. The predicted octanol–water partition coefficient (Wildman–Crippen LogP) is 4.88. The molecule has 4 nitrogen and oxygen atoms in total. The summed E-state index contributed by atoms with van der Waals surface area (Å²) in [7, 11) is 0. The molecule has 3 rings (SSSR count). The fourth-order valence-corrected chi connectivity index (χ4v) is 3.64. The zero-order valence-corrected chi connectivity index (χ0v) is 16.1. The topological polar surface area (TPSA) is 38.1 Å². The summed E-state index contributed by atoms with van der Waals surface area (Å²) < 4.78 is 15.2. The van der Waals surface area contributed by atoms with Crippen molar-refractivity contribution in [3.05, 3.63) is 47.0 Å². The smallest absolute Gasteiger partial charge is 0.257 e. The number of benzene rings is 1. The van der Waals surface area contributed by atoms with Crippen LogP contribution >= 0.6 is 0 Å². The van der Waals surface area contributed by atoms with Crippen LogP contribution in [0.1, 0.15) is 80.5 Å². The van der Waals surface area contributed by atoms with Crippen LogP contribution in [0.4, 0.5) is 4.39 Å². The largest absolute Gasteiger partial charge is 0.339 e. The molecule has 26 heavy (non-hydrogen) atoms. The maximum Gasteiger partial charge on any atom is 0.257 e. The normalized spacial score (nSPS) is 15.1. The first-order chi connectivity index (χ1) is 12.4. The van der Waals surface area contributed by atoms with E-state index in [9.17, 15) is 9.18 Å². The van der Waals surface area contributed by atoms with Crippen molar-refractivity contribution in [1.82, 2.24) is 14.7 Å². The molecule has 5 heteroatoms. The van der Waals surface area contributed by atoms with Gasteiger partial charge < -0.3 is 4.90 Å². The summed E-state index contributed by atoms with van der Waals surface area (Å²) in [4.78, 5) is 15.3. The van der Waals surface area contributed by atoms with Crippen LogP contribution in [0.25, 0.3) is 5.69 Å². The predicted molar refractivity (Wildman–Crippen MR) is 101 cm³/mol. The summed E-state index contributed by atoms with van der Waals surface area (Å²) >= 11 is 0. The highest BCUT2D eigenvalue weighted by molar-refractivity contribution is 5.97. The van der Waals surface area contributed by atoms with E-state index in [1.807, 2.05) is 9.58 Å². The molecule has 0 N–H and O–H groups in total. The molecule has 0 atom stereocenters. The van der Waals surface area contributed by atoms with Crippen molar-refractivity contribution in [3.8, 4) is 5.69 Å². The van der Waals surface area contributed by atoms with E-state index >= 15 is 0 Å². The van der Waals surface area contributed by atoms with Gasteiger partial charge in [0.25, 0.3) is 5.91 Å². The van der Waals surface area contributed by atoms with Crippen LogP contribution in [0.5, 0.6) is 0 Å². The SMILES string of the molecule is CC(C)c1nn(-c2ccc(F)cc2)c(C(C)C)c1C(=O)N1CCCCC1. The molecule has 0 unspecified atom stereocenters. The molecule has 0 aliphatic carbocycles. The summed E-state index contributed by atoms with van der Waals surface area (Å²) in [5.41, 5.74) is 3.26. The molecule has 140 valence electrons. The summed E-state index contributed by atoms with van der Waals surface area (Å²) in [6.45, 7) is 9.91. The quantitative estimate of drug-likeness (QED) is 0.782. The number of carbonyl (C=O) groups is 1. The number of nitrogens with zero attached hydrogens (tertiary/aromatic N) is 3. The molecule has 1 aromatic carbocycles. The van der Waals surface area contributed by atoms with E-state index in [2.05, 4.69) is 27.7 Å². The van der Waals surface area contributed by atoms with Gasteiger partial charge in [0.05, 0.1) is 22.6 Å². The van der Waals surface area contributed by atoms with Crippen LogP contribution in [0, 0.1) is 5.82 Å².